The second-order valence-electron chi connectivity index (χ2n) is 5.61. The molecule has 1 aromatic carbocycles. The molecule has 2 aromatic rings. The van der Waals surface area contributed by atoms with E-state index < -0.39 is 0 Å². The van der Waals surface area contributed by atoms with Crippen LogP contribution >= 0.6 is 0 Å². The molecule has 0 fully saturated rings. The van der Waals surface area contributed by atoms with Crippen LogP contribution in [0.25, 0.3) is 10.9 Å². The van der Waals surface area contributed by atoms with Gasteiger partial charge in [0.2, 0.25) is 0 Å². The van der Waals surface area contributed by atoms with E-state index in [1.165, 1.54) is 0 Å². The van der Waals surface area contributed by atoms with Gasteiger partial charge in [-0.3, -0.25) is 4.79 Å². The van der Waals surface area contributed by atoms with Crippen molar-refractivity contribution in [3.05, 3.63) is 40.7 Å². The summed E-state index contributed by atoms with van der Waals surface area (Å²) in [5.74, 6) is 0. The SMILES string of the molecule is CC(CCN(C)C)Nc1cc(=O)n(C)c2ccccc12. The molecule has 0 spiro atoms. The fourth-order valence-electron chi connectivity index (χ4n) is 2.32. The summed E-state index contributed by atoms with van der Waals surface area (Å²) in [6.45, 7) is 3.17. The van der Waals surface area contributed by atoms with Gasteiger partial charge in [-0.25, -0.2) is 0 Å². The van der Waals surface area contributed by atoms with E-state index in [1.54, 1.807) is 10.6 Å². The van der Waals surface area contributed by atoms with E-state index in [1.807, 2.05) is 25.2 Å². The van der Waals surface area contributed by atoms with Crippen LogP contribution in [0.5, 0.6) is 0 Å². The molecule has 0 saturated heterocycles. The van der Waals surface area contributed by atoms with E-state index in [4.69, 9.17) is 0 Å². The average molecular weight is 273 g/mol. The van der Waals surface area contributed by atoms with Crippen LogP contribution in [0.2, 0.25) is 0 Å². The Kier molecular flexibility index (Phi) is 4.45. The van der Waals surface area contributed by atoms with Gasteiger partial charge >= 0.3 is 0 Å². The topological polar surface area (TPSA) is 37.3 Å². The van der Waals surface area contributed by atoms with Crippen LogP contribution in [0.3, 0.4) is 0 Å². The first-order chi connectivity index (χ1) is 9.49. The molecule has 0 aliphatic carbocycles. The lowest BCUT2D eigenvalue weighted by atomic mass is 10.1. The Morgan fingerprint density at radius 2 is 2.00 bits per heavy atom. The van der Waals surface area contributed by atoms with Crippen molar-refractivity contribution in [1.82, 2.24) is 9.47 Å². The highest BCUT2D eigenvalue weighted by atomic mass is 16.1. The zero-order chi connectivity index (χ0) is 14.7. The molecule has 1 aromatic heterocycles. The average Bonchev–Trinajstić information content (AvgIpc) is 2.42. The number of para-hydroxylation sites is 1. The Morgan fingerprint density at radius 1 is 1.30 bits per heavy atom. The summed E-state index contributed by atoms with van der Waals surface area (Å²) >= 11 is 0. The van der Waals surface area contributed by atoms with Gasteiger partial charge in [-0.05, 0) is 40.1 Å². The summed E-state index contributed by atoms with van der Waals surface area (Å²) in [5.41, 5.74) is 1.91. The number of aromatic nitrogens is 1. The van der Waals surface area contributed by atoms with Crippen molar-refractivity contribution in [2.45, 2.75) is 19.4 Å². The van der Waals surface area contributed by atoms with Gasteiger partial charge in [-0.1, -0.05) is 18.2 Å². The largest absolute Gasteiger partial charge is 0.382 e. The number of rotatable bonds is 5. The summed E-state index contributed by atoms with van der Waals surface area (Å²) in [5, 5.41) is 4.56. The maximum absolute atomic E-state index is 12.0. The van der Waals surface area contributed by atoms with Gasteiger partial charge in [0.25, 0.3) is 5.56 Å². The van der Waals surface area contributed by atoms with Crippen molar-refractivity contribution in [2.75, 3.05) is 26.0 Å². The molecule has 20 heavy (non-hydrogen) atoms. The Bertz CT molecular complexity index is 646. The van der Waals surface area contributed by atoms with Crippen molar-refractivity contribution in [2.24, 2.45) is 7.05 Å². The summed E-state index contributed by atoms with van der Waals surface area (Å²) in [4.78, 5) is 14.2. The van der Waals surface area contributed by atoms with Crippen molar-refractivity contribution in [3.63, 3.8) is 0 Å². The molecule has 0 amide bonds. The van der Waals surface area contributed by atoms with E-state index in [0.29, 0.717) is 6.04 Å². The second-order valence-corrected chi connectivity index (χ2v) is 5.61. The molecule has 0 bridgehead atoms. The lowest BCUT2D eigenvalue weighted by molar-refractivity contribution is 0.390. The van der Waals surface area contributed by atoms with Crippen molar-refractivity contribution in [3.8, 4) is 0 Å². The first-order valence-corrected chi connectivity index (χ1v) is 6.99. The maximum Gasteiger partial charge on any atom is 0.252 e. The van der Waals surface area contributed by atoms with E-state index in [9.17, 15) is 4.79 Å². The zero-order valence-corrected chi connectivity index (χ0v) is 12.7. The smallest absolute Gasteiger partial charge is 0.252 e. The number of hydrogen-bond acceptors (Lipinski definition) is 3. The Hall–Kier alpha value is -1.81. The number of nitrogens with one attached hydrogen (secondary N) is 1. The van der Waals surface area contributed by atoms with Gasteiger partial charge in [0, 0.05) is 30.2 Å². The normalized spacial score (nSPS) is 12.8. The van der Waals surface area contributed by atoms with Gasteiger partial charge in [0.15, 0.2) is 0 Å². The van der Waals surface area contributed by atoms with E-state index >= 15 is 0 Å². The molecule has 0 aliphatic rings. The van der Waals surface area contributed by atoms with Gasteiger partial charge in [-0.2, -0.15) is 0 Å². The van der Waals surface area contributed by atoms with Crippen molar-refractivity contribution < 1.29 is 0 Å². The van der Waals surface area contributed by atoms with E-state index in [0.717, 1.165) is 29.6 Å². The predicted octanol–water partition coefficient (Wildman–Crippen LogP) is 2.29. The van der Waals surface area contributed by atoms with Crippen LogP contribution in [0, 0.1) is 0 Å². The van der Waals surface area contributed by atoms with E-state index in [-0.39, 0.29) is 5.56 Å². The standard InChI is InChI=1S/C16H23N3O/c1-12(9-10-18(2)3)17-14-11-16(20)19(4)15-8-6-5-7-13(14)15/h5-8,11-12,17H,9-10H2,1-4H3. The Morgan fingerprint density at radius 3 is 2.70 bits per heavy atom. The van der Waals surface area contributed by atoms with Crippen LogP contribution < -0.4 is 10.9 Å². The third-order valence-electron chi connectivity index (χ3n) is 3.57. The minimum atomic E-state index is 0.0195. The third-order valence-corrected chi connectivity index (χ3v) is 3.57. The first kappa shape index (κ1) is 14.6. The fraction of sp³-hybridized carbons (Fsp3) is 0.438. The molecular formula is C16H23N3O. The molecule has 108 valence electrons. The molecule has 0 aliphatic heterocycles. The van der Waals surface area contributed by atoms with Crippen molar-refractivity contribution in [1.29, 1.82) is 0 Å². The minimum Gasteiger partial charge on any atom is -0.382 e. The number of nitrogens with zero attached hydrogens (tertiary/aromatic N) is 2. The summed E-state index contributed by atoms with van der Waals surface area (Å²) in [6, 6.07) is 10.0. The molecule has 1 N–H and O–H groups in total. The summed E-state index contributed by atoms with van der Waals surface area (Å²) in [6.07, 6.45) is 1.04. The molecule has 4 heteroatoms. The molecule has 2 rings (SSSR count). The number of benzene rings is 1. The molecule has 1 heterocycles. The number of fused-ring (bicyclic) bond motifs is 1. The number of pyridine rings is 1. The van der Waals surface area contributed by atoms with Gasteiger partial charge in [-0.15, -0.1) is 0 Å². The summed E-state index contributed by atoms with van der Waals surface area (Å²) < 4.78 is 1.69. The van der Waals surface area contributed by atoms with E-state index in [2.05, 4.69) is 37.3 Å². The van der Waals surface area contributed by atoms with Crippen LogP contribution in [-0.2, 0) is 7.05 Å². The molecule has 0 radical (unpaired) electrons. The highest BCUT2D eigenvalue weighted by molar-refractivity contribution is 5.91. The van der Waals surface area contributed by atoms with Crippen LogP contribution in [-0.4, -0.2) is 36.1 Å². The quantitative estimate of drug-likeness (QED) is 0.908. The number of aryl methyl sites for hydroxylation is 1. The highest BCUT2D eigenvalue weighted by Gasteiger charge is 2.09. The molecule has 1 unspecified atom stereocenters. The first-order valence-electron chi connectivity index (χ1n) is 6.99. The van der Waals surface area contributed by atoms with Gasteiger partial charge < -0.3 is 14.8 Å². The minimum absolute atomic E-state index is 0.0195. The maximum atomic E-state index is 12.0. The van der Waals surface area contributed by atoms with Crippen LogP contribution in [0.1, 0.15) is 13.3 Å². The van der Waals surface area contributed by atoms with Gasteiger partial charge in [0.05, 0.1) is 5.52 Å². The van der Waals surface area contributed by atoms with Crippen LogP contribution in [0.4, 0.5) is 5.69 Å². The highest BCUT2D eigenvalue weighted by Crippen LogP contribution is 2.21. The second kappa shape index (κ2) is 6.09. The molecule has 1 atom stereocenters. The fourth-order valence-corrected chi connectivity index (χ4v) is 2.32. The Labute approximate surface area is 120 Å². The Balaban J connectivity index is 2.30. The molecule has 4 nitrogen and oxygen atoms in total. The van der Waals surface area contributed by atoms with Crippen LogP contribution in [0.15, 0.2) is 35.1 Å². The van der Waals surface area contributed by atoms with Gasteiger partial charge in [0.1, 0.15) is 0 Å². The molecule has 0 saturated carbocycles. The monoisotopic (exact) mass is 273 g/mol. The third kappa shape index (κ3) is 3.20. The predicted molar refractivity (Wildman–Crippen MR) is 85.4 cm³/mol. The molecular weight excluding hydrogens is 250 g/mol. The number of hydrogen-bond donors (Lipinski definition) is 1. The zero-order valence-electron chi connectivity index (χ0n) is 12.7. The number of anilines is 1. The summed E-state index contributed by atoms with van der Waals surface area (Å²) in [7, 11) is 5.95. The lowest BCUT2D eigenvalue weighted by Gasteiger charge is -2.19. The van der Waals surface area contributed by atoms with Crippen molar-refractivity contribution >= 4 is 16.6 Å². The lowest BCUT2D eigenvalue weighted by Crippen LogP contribution is -2.24.